The molecule has 0 atom stereocenters. The van der Waals surface area contributed by atoms with Gasteiger partial charge in [-0.05, 0) is 18.6 Å². The molecule has 0 bridgehead atoms. The summed E-state index contributed by atoms with van der Waals surface area (Å²) in [5.74, 6) is 1.57. The summed E-state index contributed by atoms with van der Waals surface area (Å²) in [5, 5.41) is 3.96. The number of nitrogens with zero attached hydrogens (tertiary/aromatic N) is 3. The minimum absolute atomic E-state index is 0.203. The predicted molar refractivity (Wildman–Crippen MR) is 74.7 cm³/mol. The molecule has 104 valence electrons. The first-order valence-corrected chi connectivity index (χ1v) is 6.96. The Hall–Kier alpha value is -2.17. The molecule has 1 aromatic carbocycles. The number of aromatic nitrogens is 2. The van der Waals surface area contributed by atoms with Crippen LogP contribution in [0.1, 0.15) is 41.8 Å². The first-order valence-electron chi connectivity index (χ1n) is 6.96. The summed E-state index contributed by atoms with van der Waals surface area (Å²) in [5.41, 5.74) is 1.74. The van der Waals surface area contributed by atoms with Crippen molar-refractivity contribution in [2.24, 2.45) is 0 Å². The van der Waals surface area contributed by atoms with Gasteiger partial charge in [0.2, 0.25) is 5.89 Å². The summed E-state index contributed by atoms with van der Waals surface area (Å²) in [4.78, 5) is 18.4. The molecule has 0 fully saturated rings. The number of anilines is 1. The Bertz CT molecular complexity index is 621. The van der Waals surface area contributed by atoms with Gasteiger partial charge >= 0.3 is 0 Å². The minimum atomic E-state index is 0.203. The van der Waals surface area contributed by atoms with Crippen molar-refractivity contribution in [3.05, 3.63) is 41.5 Å². The zero-order valence-electron chi connectivity index (χ0n) is 11.5. The van der Waals surface area contributed by atoms with Crippen LogP contribution < -0.4 is 4.90 Å². The van der Waals surface area contributed by atoms with E-state index in [2.05, 4.69) is 22.0 Å². The van der Waals surface area contributed by atoms with Crippen LogP contribution in [0.4, 0.5) is 5.69 Å². The van der Waals surface area contributed by atoms with E-state index in [1.165, 1.54) is 0 Å². The van der Waals surface area contributed by atoms with E-state index >= 15 is 0 Å². The number of fused-ring (bicyclic) bond motifs is 1. The average Bonchev–Trinajstić information content (AvgIpc) is 2.90. The van der Waals surface area contributed by atoms with E-state index < -0.39 is 0 Å². The standard InChI is InChI=1S/C15H17N3O2/c1-2-5-14-16-15(20-17-14)10-18-9-8-13(19)11-6-3-4-7-12(11)18/h3-4,6-7H,2,5,8-10H2,1H3. The Morgan fingerprint density at radius 3 is 3.05 bits per heavy atom. The van der Waals surface area contributed by atoms with Crippen LogP contribution >= 0.6 is 0 Å². The number of carbonyl (C=O) groups excluding carboxylic acids is 1. The normalized spacial score (nSPS) is 14.4. The summed E-state index contributed by atoms with van der Waals surface area (Å²) >= 11 is 0. The number of ketones is 1. The molecule has 0 spiro atoms. The van der Waals surface area contributed by atoms with Crippen molar-refractivity contribution in [3.63, 3.8) is 0 Å². The lowest BCUT2D eigenvalue weighted by Gasteiger charge is -2.29. The Balaban J connectivity index is 1.81. The van der Waals surface area contributed by atoms with Crippen LogP contribution in [0.25, 0.3) is 0 Å². The molecule has 5 heteroatoms. The molecule has 1 aliphatic rings. The van der Waals surface area contributed by atoms with Crippen LogP contribution in [-0.4, -0.2) is 22.5 Å². The lowest BCUT2D eigenvalue weighted by atomic mass is 10.0. The van der Waals surface area contributed by atoms with Crippen molar-refractivity contribution < 1.29 is 9.32 Å². The van der Waals surface area contributed by atoms with Crippen molar-refractivity contribution >= 4 is 11.5 Å². The van der Waals surface area contributed by atoms with E-state index in [-0.39, 0.29) is 5.78 Å². The lowest BCUT2D eigenvalue weighted by Crippen LogP contribution is -2.31. The minimum Gasteiger partial charge on any atom is -0.361 e. The Kier molecular flexibility index (Phi) is 3.50. The first kappa shape index (κ1) is 12.8. The highest BCUT2D eigenvalue weighted by Gasteiger charge is 2.23. The fraction of sp³-hybridized carbons (Fsp3) is 0.400. The number of aryl methyl sites for hydroxylation is 1. The molecule has 0 aliphatic carbocycles. The predicted octanol–water partition coefficient (Wildman–Crippen LogP) is 2.62. The van der Waals surface area contributed by atoms with Crippen molar-refractivity contribution in [1.82, 2.24) is 10.1 Å². The molecule has 2 heterocycles. The number of hydrogen-bond acceptors (Lipinski definition) is 5. The molecule has 0 amide bonds. The second-order valence-corrected chi connectivity index (χ2v) is 4.97. The summed E-state index contributed by atoms with van der Waals surface area (Å²) in [6.45, 7) is 3.34. The topological polar surface area (TPSA) is 59.2 Å². The highest BCUT2D eigenvalue weighted by Crippen LogP contribution is 2.27. The van der Waals surface area contributed by atoms with Gasteiger partial charge in [0.25, 0.3) is 0 Å². The van der Waals surface area contributed by atoms with Gasteiger partial charge in [0, 0.05) is 30.6 Å². The lowest BCUT2D eigenvalue weighted by molar-refractivity contribution is 0.0979. The van der Waals surface area contributed by atoms with E-state index in [0.717, 1.165) is 29.9 Å². The molecule has 0 unspecified atom stereocenters. The quantitative estimate of drug-likeness (QED) is 0.855. The van der Waals surface area contributed by atoms with E-state index in [0.29, 0.717) is 25.4 Å². The number of para-hydroxylation sites is 1. The fourth-order valence-electron chi connectivity index (χ4n) is 2.48. The maximum absolute atomic E-state index is 11.9. The molecule has 5 nitrogen and oxygen atoms in total. The summed E-state index contributed by atoms with van der Waals surface area (Å²) < 4.78 is 5.27. The third kappa shape index (κ3) is 2.43. The van der Waals surface area contributed by atoms with Crippen molar-refractivity contribution in [2.75, 3.05) is 11.4 Å². The fourth-order valence-corrected chi connectivity index (χ4v) is 2.48. The van der Waals surface area contributed by atoms with E-state index in [9.17, 15) is 4.79 Å². The zero-order chi connectivity index (χ0) is 13.9. The van der Waals surface area contributed by atoms with Gasteiger partial charge in [-0.25, -0.2) is 0 Å². The van der Waals surface area contributed by atoms with Gasteiger partial charge in [0.1, 0.15) is 0 Å². The summed E-state index contributed by atoms with van der Waals surface area (Å²) in [6, 6.07) is 7.68. The van der Waals surface area contributed by atoms with Gasteiger partial charge in [-0.1, -0.05) is 24.2 Å². The SMILES string of the molecule is CCCc1noc(CN2CCC(=O)c3ccccc32)n1. The molecule has 0 saturated carbocycles. The van der Waals surface area contributed by atoms with Crippen LogP contribution in [0, 0.1) is 0 Å². The number of carbonyl (C=O) groups is 1. The Labute approximate surface area is 117 Å². The molecule has 1 aliphatic heterocycles. The number of benzene rings is 1. The van der Waals surface area contributed by atoms with Gasteiger partial charge in [-0.2, -0.15) is 4.98 Å². The third-order valence-electron chi connectivity index (χ3n) is 3.46. The number of rotatable bonds is 4. The summed E-state index contributed by atoms with van der Waals surface area (Å²) in [6.07, 6.45) is 2.37. The second-order valence-electron chi connectivity index (χ2n) is 4.97. The molecule has 1 aromatic heterocycles. The maximum Gasteiger partial charge on any atom is 0.246 e. The smallest absolute Gasteiger partial charge is 0.246 e. The molecule has 2 aromatic rings. The van der Waals surface area contributed by atoms with Crippen LogP contribution in [0.15, 0.2) is 28.8 Å². The van der Waals surface area contributed by atoms with Gasteiger partial charge in [-0.3, -0.25) is 4.79 Å². The second kappa shape index (κ2) is 5.45. The Morgan fingerprint density at radius 1 is 1.35 bits per heavy atom. The Morgan fingerprint density at radius 2 is 2.20 bits per heavy atom. The van der Waals surface area contributed by atoms with Crippen LogP contribution in [0.3, 0.4) is 0 Å². The molecule has 20 heavy (non-hydrogen) atoms. The number of hydrogen-bond donors (Lipinski definition) is 0. The van der Waals surface area contributed by atoms with Crippen molar-refractivity contribution in [3.8, 4) is 0 Å². The summed E-state index contributed by atoms with van der Waals surface area (Å²) in [7, 11) is 0. The highest BCUT2D eigenvalue weighted by atomic mass is 16.5. The molecule has 0 saturated heterocycles. The average molecular weight is 271 g/mol. The number of Topliss-reactive ketones (excluding diaryl/α,β-unsaturated/α-hetero) is 1. The van der Waals surface area contributed by atoms with Crippen molar-refractivity contribution in [1.29, 1.82) is 0 Å². The zero-order valence-corrected chi connectivity index (χ0v) is 11.5. The van der Waals surface area contributed by atoms with Gasteiger partial charge in [0.15, 0.2) is 11.6 Å². The maximum atomic E-state index is 11.9. The molecule has 3 rings (SSSR count). The van der Waals surface area contributed by atoms with E-state index in [1.54, 1.807) is 0 Å². The van der Waals surface area contributed by atoms with Crippen LogP contribution in [0.2, 0.25) is 0 Å². The molecular weight excluding hydrogens is 254 g/mol. The first-order chi connectivity index (χ1) is 9.78. The molecule has 0 radical (unpaired) electrons. The largest absolute Gasteiger partial charge is 0.361 e. The van der Waals surface area contributed by atoms with Crippen LogP contribution in [-0.2, 0) is 13.0 Å². The van der Waals surface area contributed by atoms with Gasteiger partial charge < -0.3 is 9.42 Å². The molecular formula is C15H17N3O2. The third-order valence-corrected chi connectivity index (χ3v) is 3.46. The monoisotopic (exact) mass is 271 g/mol. The molecule has 0 N–H and O–H groups in total. The van der Waals surface area contributed by atoms with Crippen molar-refractivity contribution in [2.45, 2.75) is 32.7 Å². The van der Waals surface area contributed by atoms with E-state index in [4.69, 9.17) is 4.52 Å². The highest BCUT2D eigenvalue weighted by molar-refractivity contribution is 6.03. The van der Waals surface area contributed by atoms with Gasteiger partial charge in [-0.15, -0.1) is 0 Å². The van der Waals surface area contributed by atoms with Gasteiger partial charge in [0.05, 0.1) is 6.54 Å². The van der Waals surface area contributed by atoms with E-state index in [1.807, 2.05) is 24.3 Å². The van der Waals surface area contributed by atoms with Crippen LogP contribution in [0.5, 0.6) is 0 Å².